The van der Waals surface area contributed by atoms with Gasteiger partial charge in [-0.25, -0.2) is 9.97 Å². The molecule has 0 amide bonds. The van der Waals surface area contributed by atoms with Crippen LogP contribution in [0.25, 0.3) is 0 Å². The van der Waals surface area contributed by atoms with Gasteiger partial charge in [0.2, 0.25) is 11.6 Å². The van der Waals surface area contributed by atoms with Crippen molar-refractivity contribution in [1.29, 1.82) is 0 Å². The molecule has 9 nitrogen and oxygen atoms in total. The monoisotopic (exact) mass is 367 g/mol. The number of rotatable bonds is 7. The van der Waals surface area contributed by atoms with Crippen molar-refractivity contribution in [3.8, 4) is 11.5 Å². The normalized spacial score (nSPS) is 10.1. The second-order valence-corrected chi connectivity index (χ2v) is 5.39. The van der Waals surface area contributed by atoms with Gasteiger partial charge in [-0.15, -0.1) is 0 Å². The summed E-state index contributed by atoms with van der Waals surface area (Å²) in [5.74, 6) is 1.36. The molecule has 0 bridgehead atoms. The molecule has 0 spiro atoms. The average Bonchev–Trinajstić information content (AvgIpc) is 2.68. The average molecular weight is 367 g/mol. The van der Waals surface area contributed by atoms with Crippen molar-refractivity contribution in [3.63, 3.8) is 0 Å². The van der Waals surface area contributed by atoms with Gasteiger partial charge in [-0.3, -0.25) is 10.1 Å². The van der Waals surface area contributed by atoms with E-state index in [-0.39, 0.29) is 17.3 Å². The first kappa shape index (κ1) is 17.9. The molecule has 138 valence electrons. The molecular weight excluding hydrogens is 350 g/mol. The minimum atomic E-state index is -0.537. The maximum absolute atomic E-state index is 11.7. The molecule has 0 aliphatic heterocycles. The number of nitro groups is 1. The number of benzene rings is 2. The first-order chi connectivity index (χ1) is 13.1. The second-order valence-electron chi connectivity index (χ2n) is 5.39. The summed E-state index contributed by atoms with van der Waals surface area (Å²) in [4.78, 5) is 19.2. The summed E-state index contributed by atoms with van der Waals surface area (Å²) in [6.07, 6.45) is 1.25. The largest absolute Gasteiger partial charge is 0.497 e. The molecule has 3 aromatic rings. The van der Waals surface area contributed by atoms with E-state index in [1.807, 2.05) is 0 Å². The van der Waals surface area contributed by atoms with Gasteiger partial charge in [-0.1, -0.05) is 12.1 Å². The summed E-state index contributed by atoms with van der Waals surface area (Å²) in [5, 5.41) is 17.5. The van der Waals surface area contributed by atoms with Gasteiger partial charge < -0.3 is 20.1 Å². The highest BCUT2D eigenvalue weighted by Crippen LogP contribution is 2.34. The molecule has 0 fully saturated rings. The molecule has 0 saturated carbocycles. The van der Waals surface area contributed by atoms with Gasteiger partial charge >= 0.3 is 5.69 Å². The van der Waals surface area contributed by atoms with Crippen LogP contribution in [0.5, 0.6) is 11.5 Å². The molecule has 2 N–H and O–H groups in total. The Morgan fingerprint density at radius 1 is 0.889 bits per heavy atom. The SMILES string of the molecule is COc1cccc(Nc2ncnc(Nc3cccc(OC)c3)c2[N+](=O)[O-])c1. The van der Waals surface area contributed by atoms with Crippen LogP contribution in [0.2, 0.25) is 0 Å². The third-order valence-electron chi connectivity index (χ3n) is 3.67. The number of aromatic nitrogens is 2. The Hall–Kier alpha value is -3.88. The lowest BCUT2D eigenvalue weighted by molar-refractivity contribution is -0.383. The first-order valence-corrected chi connectivity index (χ1v) is 7.92. The van der Waals surface area contributed by atoms with Gasteiger partial charge in [0.15, 0.2) is 0 Å². The lowest BCUT2D eigenvalue weighted by atomic mass is 10.3. The lowest BCUT2D eigenvalue weighted by Gasteiger charge is -2.11. The highest BCUT2D eigenvalue weighted by Gasteiger charge is 2.23. The summed E-state index contributed by atoms with van der Waals surface area (Å²) in [7, 11) is 3.09. The molecule has 0 aliphatic carbocycles. The van der Waals surface area contributed by atoms with E-state index in [9.17, 15) is 10.1 Å². The number of methoxy groups -OCH3 is 2. The number of hydrogen-bond acceptors (Lipinski definition) is 8. The summed E-state index contributed by atoms with van der Waals surface area (Å²) in [5.41, 5.74) is 0.926. The molecular formula is C18H17N5O4. The fraction of sp³-hybridized carbons (Fsp3) is 0.111. The van der Waals surface area contributed by atoms with Crippen molar-refractivity contribution < 1.29 is 14.4 Å². The van der Waals surface area contributed by atoms with Crippen LogP contribution in [0, 0.1) is 10.1 Å². The van der Waals surface area contributed by atoms with Crippen LogP contribution < -0.4 is 20.1 Å². The van der Waals surface area contributed by atoms with Crippen LogP contribution in [0.15, 0.2) is 54.9 Å². The number of nitrogens with one attached hydrogen (secondary N) is 2. The minimum absolute atomic E-state index is 0.0636. The van der Waals surface area contributed by atoms with E-state index in [4.69, 9.17) is 9.47 Å². The Kier molecular flexibility index (Phi) is 5.31. The molecule has 0 unspecified atom stereocenters. The van der Waals surface area contributed by atoms with Gasteiger partial charge in [0.05, 0.1) is 19.1 Å². The maximum Gasteiger partial charge on any atom is 0.353 e. The quantitative estimate of drug-likeness (QED) is 0.478. The fourth-order valence-electron chi connectivity index (χ4n) is 2.41. The van der Waals surface area contributed by atoms with Crippen molar-refractivity contribution in [2.24, 2.45) is 0 Å². The van der Waals surface area contributed by atoms with E-state index >= 15 is 0 Å². The fourth-order valence-corrected chi connectivity index (χ4v) is 2.41. The van der Waals surface area contributed by atoms with E-state index in [0.717, 1.165) is 0 Å². The Balaban J connectivity index is 1.95. The molecule has 0 aliphatic rings. The predicted molar refractivity (Wildman–Crippen MR) is 101 cm³/mol. The molecule has 1 aromatic heterocycles. The number of hydrogen-bond donors (Lipinski definition) is 2. The Morgan fingerprint density at radius 3 is 1.78 bits per heavy atom. The standard InChI is InChI=1S/C18H17N5O4/c1-26-14-7-3-5-12(9-14)21-17-16(23(24)25)18(20-11-19-17)22-13-6-4-8-15(10-13)27-2/h3-11H,1-2H3,(H2,19,20,21,22). The zero-order valence-electron chi connectivity index (χ0n) is 14.7. The zero-order valence-corrected chi connectivity index (χ0v) is 14.7. The van der Waals surface area contributed by atoms with Crippen molar-refractivity contribution >= 4 is 28.7 Å². The van der Waals surface area contributed by atoms with Crippen molar-refractivity contribution in [2.75, 3.05) is 24.9 Å². The van der Waals surface area contributed by atoms with E-state index in [1.165, 1.54) is 6.33 Å². The zero-order chi connectivity index (χ0) is 19.2. The molecule has 9 heteroatoms. The first-order valence-electron chi connectivity index (χ1n) is 7.92. The van der Waals surface area contributed by atoms with E-state index in [1.54, 1.807) is 62.8 Å². The lowest BCUT2D eigenvalue weighted by Crippen LogP contribution is -2.05. The Morgan fingerprint density at radius 2 is 1.37 bits per heavy atom. The van der Waals surface area contributed by atoms with Gasteiger partial charge in [0, 0.05) is 23.5 Å². The molecule has 2 aromatic carbocycles. The van der Waals surface area contributed by atoms with Crippen molar-refractivity contribution in [1.82, 2.24) is 9.97 Å². The molecule has 3 rings (SSSR count). The molecule has 0 radical (unpaired) electrons. The number of anilines is 4. The van der Waals surface area contributed by atoms with Crippen LogP contribution in [0.3, 0.4) is 0 Å². The van der Waals surface area contributed by atoms with Gasteiger partial charge in [0.25, 0.3) is 0 Å². The minimum Gasteiger partial charge on any atom is -0.497 e. The van der Waals surface area contributed by atoms with Crippen molar-refractivity contribution in [2.45, 2.75) is 0 Å². The summed E-state index contributed by atoms with van der Waals surface area (Å²) in [6.45, 7) is 0. The van der Waals surface area contributed by atoms with E-state index < -0.39 is 4.92 Å². The summed E-state index contributed by atoms with van der Waals surface area (Å²) in [6, 6.07) is 14.0. The molecule has 1 heterocycles. The second kappa shape index (κ2) is 8.00. The Bertz CT molecular complexity index is 896. The smallest absolute Gasteiger partial charge is 0.353 e. The van der Waals surface area contributed by atoms with Crippen LogP contribution in [-0.2, 0) is 0 Å². The molecule has 0 saturated heterocycles. The topological polar surface area (TPSA) is 111 Å². The molecule has 27 heavy (non-hydrogen) atoms. The number of ether oxygens (including phenoxy) is 2. The van der Waals surface area contributed by atoms with Crippen LogP contribution in [-0.4, -0.2) is 29.1 Å². The summed E-state index contributed by atoms with van der Waals surface area (Å²) < 4.78 is 10.3. The molecule has 0 atom stereocenters. The van der Waals surface area contributed by atoms with Crippen LogP contribution in [0.1, 0.15) is 0 Å². The summed E-state index contributed by atoms with van der Waals surface area (Å²) >= 11 is 0. The van der Waals surface area contributed by atoms with Crippen LogP contribution in [0.4, 0.5) is 28.7 Å². The number of nitrogens with zero attached hydrogens (tertiary/aromatic N) is 3. The van der Waals surface area contributed by atoms with Crippen molar-refractivity contribution in [3.05, 3.63) is 65.0 Å². The van der Waals surface area contributed by atoms with E-state index in [0.29, 0.717) is 22.9 Å². The van der Waals surface area contributed by atoms with Gasteiger partial charge in [-0.05, 0) is 24.3 Å². The van der Waals surface area contributed by atoms with Gasteiger partial charge in [0.1, 0.15) is 17.8 Å². The van der Waals surface area contributed by atoms with E-state index in [2.05, 4.69) is 20.6 Å². The van der Waals surface area contributed by atoms with Gasteiger partial charge in [-0.2, -0.15) is 0 Å². The predicted octanol–water partition coefficient (Wildman–Crippen LogP) is 3.89. The Labute approximate surface area is 155 Å². The third kappa shape index (κ3) is 4.21. The highest BCUT2D eigenvalue weighted by molar-refractivity contribution is 5.77. The highest BCUT2D eigenvalue weighted by atomic mass is 16.6. The third-order valence-corrected chi connectivity index (χ3v) is 3.67. The maximum atomic E-state index is 11.7. The van der Waals surface area contributed by atoms with Crippen LogP contribution >= 0.6 is 0 Å².